The molecule has 2 aliphatic rings. The van der Waals surface area contributed by atoms with Gasteiger partial charge in [0.15, 0.2) is 16.6 Å². The minimum absolute atomic E-state index is 0.159. The van der Waals surface area contributed by atoms with Crippen molar-refractivity contribution < 1.29 is 22.7 Å². The summed E-state index contributed by atoms with van der Waals surface area (Å²) in [5.74, 6) is 0.776. The van der Waals surface area contributed by atoms with Crippen molar-refractivity contribution in [3.8, 4) is 11.5 Å². The molecule has 0 radical (unpaired) electrons. The Morgan fingerprint density at radius 2 is 1.69 bits per heavy atom. The number of piperazine rings is 1. The Balaban J connectivity index is 1.40. The van der Waals surface area contributed by atoms with E-state index >= 15 is 0 Å². The highest BCUT2D eigenvalue weighted by molar-refractivity contribution is 7.88. The molecule has 0 spiro atoms. The lowest BCUT2D eigenvalue weighted by Crippen LogP contribution is -2.48. The molecule has 2 aromatic rings. The molecule has 170 valence electrons. The predicted molar refractivity (Wildman–Crippen MR) is 126 cm³/mol. The van der Waals surface area contributed by atoms with E-state index in [-0.39, 0.29) is 11.0 Å². The molecule has 0 bridgehead atoms. The largest absolute Gasteiger partial charge is 0.486 e. The van der Waals surface area contributed by atoms with Crippen molar-refractivity contribution in [2.45, 2.75) is 0 Å². The SMILES string of the molecule is CS(=O)(=O)N1CCN(c2ccccc2NC(=S)NC(=O)c2ccc3c(c2)OCCO3)CC1. The topological polar surface area (TPSA) is 100 Å². The number of nitrogens with one attached hydrogen (secondary N) is 2. The van der Waals surface area contributed by atoms with Crippen molar-refractivity contribution in [2.24, 2.45) is 0 Å². The average molecular weight is 477 g/mol. The molecule has 2 heterocycles. The van der Waals surface area contributed by atoms with Crippen LogP contribution in [0.5, 0.6) is 11.5 Å². The lowest BCUT2D eigenvalue weighted by molar-refractivity contribution is 0.0976. The van der Waals surface area contributed by atoms with Crippen molar-refractivity contribution in [2.75, 3.05) is 55.9 Å². The van der Waals surface area contributed by atoms with E-state index in [1.165, 1.54) is 10.6 Å². The van der Waals surface area contributed by atoms with Crippen LogP contribution < -0.4 is 25.0 Å². The van der Waals surface area contributed by atoms with Gasteiger partial charge in [-0.2, -0.15) is 4.31 Å². The van der Waals surface area contributed by atoms with Gasteiger partial charge in [0.25, 0.3) is 5.91 Å². The minimum Gasteiger partial charge on any atom is -0.486 e. The van der Waals surface area contributed by atoms with Gasteiger partial charge in [0, 0.05) is 31.7 Å². The molecule has 0 unspecified atom stereocenters. The number of anilines is 2. The highest BCUT2D eigenvalue weighted by Gasteiger charge is 2.25. The van der Waals surface area contributed by atoms with Gasteiger partial charge >= 0.3 is 0 Å². The maximum Gasteiger partial charge on any atom is 0.257 e. The molecule has 32 heavy (non-hydrogen) atoms. The number of hydrogen-bond acceptors (Lipinski definition) is 7. The van der Waals surface area contributed by atoms with Crippen LogP contribution in [-0.2, 0) is 10.0 Å². The number of fused-ring (bicyclic) bond motifs is 1. The number of ether oxygens (including phenoxy) is 2. The Morgan fingerprint density at radius 3 is 2.41 bits per heavy atom. The smallest absolute Gasteiger partial charge is 0.257 e. The van der Waals surface area contributed by atoms with Gasteiger partial charge in [0.1, 0.15) is 13.2 Å². The fraction of sp³-hybridized carbons (Fsp3) is 0.333. The average Bonchev–Trinajstić information content (AvgIpc) is 2.78. The van der Waals surface area contributed by atoms with Gasteiger partial charge in [0.2, 0.25) is 10.0 Å². The second-order valence-corrected chi connectivity index (χ2v) is 9.82. The fourth-order valence-corrected chi connectivity index (χ4v) is 4.66. The first-order valence-corrected chi connectivity index (χ1v) is 12.4. The molecule has 2 N–H and O–H groups in total. The first kappa shape index (κ1) is 22.3. The number of carbonyl (C=O) groups excluding carboxylic acids is 1. The molecule has 0 saturated carbocycles. The maximum absolute atomic E-state index is 12.6. The van der Waals surface area contributed by atoms with E-state index in [4.69, 9.17) is 21.7 Å². The van der Waals surface area contributed by atoms with Crippen LogP contribution in [0.2, 0.25) is 0 Å². The van der Waals surface area contributed by atoms with Gasteiger partial charge in [-0.05, 0) is 42.5 Å². The monoisotopic (exact) mass is 476 g/mol. The molecule has 1 saturated heterocycles. The first-order chi connectivity index (χ1) is 15.3. The quantitative estimate of drug-likeness (QED) is 0.643. The lowest BCUT2D eigenvalue weighted by Gasteiger charge is -2.35. The summed E-state index contributed by atoms with van der Waals surface area (Å²) in [4.78, 5) is 14.7. The lowest BCUT2D eigenvalue weighted by atomic mass is 10.2. The van der Waals surface area contributed by atoms with Crippen molar-refractivity contribution in [1.82, 2.24) is 9.62 Å². The van der Waals surface area contributed by atoms with Crippen molar-refractivity contribution in [3.05, 3.63) is 48.0 Å². The van der Waals surface area contributed by atoms with Gasteiger partial charge in [-0.15, -0.1) is 0 Å². The van der Waals surface area contributed by atoms with Gasteiger partial charge in [-0.3, -0.25) is 10.1 Å². The molecule has 0 atom stereocenters. The number of sulfonamides is 1. The van der Waals surface area contributed by atoms with E-state index in [1.807, 2.05) is 24.3 Å². The van der Waals surface area contributed by atoms with Gasteiger partial charge in [-0.1, -0.05) is 12.1 Å². The van der Waals surface area contributed by atoms with Gasteiger partial charge in [-0.25, -0.2) is 8.42 Å². The van der Waals surface area contributed by atoms with Crippen LogP contribution in [0.25, 0.3) is 0 Å². The molecule has 0 aromatic heterocycles. The predicted octanol–water partition coefficient (Wildman–Crippen LogP) is 1.67. The molecule has 2 aliphatic heterocycles. The van der Waals surface area contributed by atoms with Crippen LogP contribution >= 0.6 is 12.2 Å². The summed E-state index contributed by atoms with van der Waals surface area (Å²) in [6.07, 6.45) is 1.22. The number of hydrogen-bond donors (Lipinski definition) is 2. The number of amides is 1. The molecule has 4 rings (SSSR count). The first-order valence-electron chi connectivity index (χ1n) is 10.1. The Hall–Kier alpha value is -2.89. The Labute approximate surface area is 192 Å². The van der Waals surface area contributed by atoms with E-state index in [0.717, 1.165) is 11.4 Å². The third kappa shape index (κ3) is 5.12. The summed E-state index contributed by atoms with van der Waals surface area (Å²) in [5, 5.41) is 5.93. The second-order valence-electron chi connectivity index (χ2n) is 7.43. The summed E-state index contributed by atoms with van der Waals surface area (Å²) < 4.78 is 36.0. The standard InChI is InChI=1S/C21H24N4O5S2/c1-32(27,28)25-10-8-24(9-11-25)17-5-3-2-4-16(17)22-21(31)23-20(26)15-6-7-18-19(14-15)30-13-12-29-18/h2-7,14H,8-13H2,1H3,(H2,22,23,26,31). The van der Waals surface area contributed by atoms with E-state index in [1.54, 1.807) is 18.2 Å². The normalized spacial score (nSPS) is 16.3. The molecule has 2 aromatic carbocycles. The number of benzene rings is 2. The Bertz CT molecular complexity index is 1130. The van der Waals surface area contributed by atoms with Crippen LogP contribution in [0.3, 0.4) is 0 Å². The zero-order valence-electron chi connectivity index (χ0n) is 17.5. The number of para-hydroxylation sites is 2. The van der Waals surface area contributed by atoms with Crippen molar-refractivity contribution >= 4 is 44.6 Å². The number of nitrogens with zero attached hydrogens (tertiary/aromatic N) is 2. The summed E-state index contributed by atoms with van der Waals surface area (Å²) in [7, 11) is -3.20. The molecule has 9 nitrogen and oxygen atoms in total. The van der Waals surface area contributed by atoms with E-state index in [9.17, 15) is 13.2 Å². The van der Waals surface area contributed by atoms with Crippen LogP contribution in [-0.4, -0.2) is 69.4 Å². The van der Waals surface area contributed by atoms with E-state index in [0.29, 0.717) is 56.5 Å². The third-order valence-corrected chi connectivity index (χ3v) is 6.74. The summed E-state index contributed by atoms with van der Waals surface area (Å²) in [6, 6.07) is 12.5. The third-order valence-electron chi connectivity index (χ3n) is 5.23. The summed E-state index contributed by atoms with van der Waals surface area (Å²) in [6.45, 7) is 2.86. The molecular formula is C21H24N4O5S2. The van der Waals surface area contributed by atoms with Crippen LogP contribution in [0.1, 0.15) is 10.4 Å². The van der Waals surface area contributed by atoms with Gasteiger partial charge in [0.05, 0.1) is 17.6 Å². The second kappa shape index (κ2) is 9.31. The summed E-state index contributed by atoms with van der Waals surface area (Å²) in [5.41, 5.74) is 2.02. The molecular weight excluding hydrogens is 452 g/mol. The maximum atomic E-state index is 12.6. The minimum atomic E-state index is -3.20. The van der Waals surface area contributed by atoms with Crippen LogP contribution in [0, 0.1) is 0 Å². The van der Waals surface area contributed by atoms with Gasteiger partial charge < -0.3 is 19.7 Å². The van der Waals surface area contributed by atoms with Crippen LogP contribution in [0.15, 0.2) is 42.5 Å². The summed E-state index contributed by atoms with van der Waals surface area (Å²) >= 11 is 5.36. The molecule has 1 fully saturated rings. The van der Waals surface area contributed by atoms with Crippen molar-refractivity contribution in [3.63, 3.8) is 0 Å². The highest BCUT2D eigenvalue weighted by atomic mass is 32.2. The number of rotatable bonds is 4. The molecule has 11 heteroatoms. The zero-order valence-corrected chi connectivity index (χ0v) is 19.2. The zero-order chi connectivity index (χ0) is 22.7. The van der Waals surface area contributed by atoms with E-state index in [2.05, 4.69) is 15.5 Å². The molecule has 1 amide bonds. The Kier molecular flexibility index (Phi) is 6.49. The number of carbonyl (C=O) groups is 1. The number of thiocarbonyl (C=S) groups is 1. The van der Waals surface area contributed by atoms with E-state index < -0.39 is 10.0 Å². The fourth-order valence-electron chi connectivity index (χ4n) is 3.63. The molecule has 0 aliphatic carbocycles. The van der Waals surface area contributed by atoms with Crippen LogP contribution in [0.4, 0.5) is 11.4 Å². The van der Waals surface area contributed by atoms with Crippen molar-refractivity contribution in [1.29, 1.82) is 0 Å². The Morgan fingerprint density at radius 1 is 1.00 bits per heavy atom. The highest BCUT2D eigenvalue weighted by Crippen LogP contribution is 2.31.